The maximum absolute atomic E-state index is 12.6. The summed E-state index contributed by atoms with van der Waals surface area (Å²) in [7, 11) is 1.30. The van der Waals surface area contributed by atoms with E-state index in [1.54, 1.807) is 23.9 Å². The quantitative estimate of drug-likeness (QED) is 0.510. The second-order valence-electron chi connectivity index (χ2n) is 6.30. The lowest BCUT2D eigenvalue weighted by Crippen LogP contribution is -2.12. The van der Waals surface area contributed by atoms with Gasteiger partial charge in [-0.15, -0.1) is 0 Å². The number of anilines is 1. The molecule has 0 atom stereocenters. The number of ether oxygens (including phenoxy) is 1. The van der Waals surface area contributed by atoms with E-state index in [4.69, 9.17) is 4.74 Å². The number of fused-ring (bicyclic) bond motifs is 1. The third-order valence-corrected chi connectivity index (χ3v) is 5.35. The van der Waals surface area contributed by atoms with Crippen LogP contribution in [0.2, 0.25) is 0 Å². The van der Waals surface area contributed by atoms with E-state index in [-0.39, 0.29) is 5.91 Å². The van der Waals surface area contributed by atoms with Gasteiger partial charge < -0.3 is 4.74 Å². The first-order valence-electron chi connectivity index (χ1n) is 8.77. The largest absolute Gasteiger partial charge is 0.465 e. The van der Waals surface area contributed by atoms with Gasteiger partial charge in [-0.2, -0.15) is 5.10 Å². The minimum atomic E-state index is -0.477. The summed E-state index contributed by atoms with van der Waals surface area (Å²) in [6, 6.07) is 11.7. The summed E-state index contributed by atoms with van der Waals surface area (Å²) >= 11 is 1.07. The molecule has 1 N–H and O–H groups in total. The number of hydrogen-bond acceptors (Lipinski definition) is 7. The highest BCUT2D eigenvalue weighted by Crippen LogP contribution is 2.24. The summed E-state index contributed by atoms with van der Waals surface area (Å²) in [6.07, 6.45) is 3.19. The molecule has 0 saturated carbocycles. The van der Waals surface area contributed by atoms with Crippen molar-refractivity contribution in [2.45, 2.75) is 13.5 Å². The summed E-state index contributed by atoms with van der Waals surface area (Å²) in [6.45, 7) is 2.28. The van der Waals surface area contributed by atoms with Gasteiger partial charge in [-0.25, -0.2) is 19.4 Å². The summed E-state index contributed by atoms with van der Waals surface area (Å²) in [5.41, 5.74) is 2.70. The van der Waals surface area contributed by atoms with Gasteiger partial charge in [-0.05, 0) is 18.6 Å². The van der Waals surface area contributed by atoms with E-state index < -0.39 is 5.97 Å². The van der Waals surface area contributed by atoms with Crippen LogP contribution in [0.25, 0.3) is 11.0 Å². The first kappa shape index (κ1) is 18.8. The SMILES string of the molecule is COC(=O)c1sc(NC(=O)c2cnc3c(cnn3Cc3ccccc3)c2)nc1C. The molecule has 29 heavy (non-hydrogen) atoms. The molecule has 4 aromatic rings. The van der Waals surface area contributed by atoms with E-state index in [1.165, 1.54) is 13.3 Å². The van der Waals surface area contributed by atoms with E-state index in [1.807, 2.05) is 30.3 Å². The van der Waals surface area contributed by atoms with Crippen LogP contribution in [0.5, 0.6) is 0 Å². The van der Waals surface area contributed by atoms with E-state index in [0.717, 1.165) is 22.3 Å². The molecule has 0 radical (unpaired) electrons. The van der Waals surface area contributed by atoms with Crippen LogP contribution < -0.4 is 5.32 Å². The molecular formula is C20H17N5O3S. The van der Waals surface area contributed by atoms with E-state index in [9.17, 15) is 9.59 Å². The monoisotopic (exact) mass is 407 g/mol. The Morgan fingerprint density at radius 3 is 2.76 bits per heavy atom. The number of aryl methyl sites for hydroxylation is 1. The number of methoxy groups -OCH3 is 1. The minimum absolute atomic E-state index is 0.327. The fourth-order valence-electron chi connectivity index (χ4n) is 2.87. The minimum Gasteiger partial charge on any atom is -0.465 e. The molecule has 0 bridgehead atoms. The number of benzene rings is 1. The number of thiazole rings is 1. The Morgan fingerprint density at radius 2 is 2.00 bits per heavy atom. The normalized spacial score (nSPS) is 10.8. The van der Waals surface area contributed by atoms with Crippen molar-refractivity contribution in [1.29, 1.82) is 0 Å². The predicted molar refractivity (Wildman–Crippen MR) is 109 cm³/mol. The molecule has 0 aliphatic rings. The number of nitrogens with zero attached hydrogens (tertiary/aromatic N) is 4. The van der Waals surface area contributed by atoms with Gasteiger partial charge >= 0.3 is 5.97 Å². The Bertz CT molecular complexity index is 1200. The van der Waals surface area contributed by atoms with Gasteiger partial charge in [0.1, 0.15) is 4.88 Å². The highest BCUT2D eigenvalue weighted by atomic mass is 32.1. The Morgan fingerprint density at radius 1 is 1.21 bits per heavy atom. The highest BCUT2D eigenvalue weighted by molar-refractivity contribution is 7.17. The molecule has 3 heterocycles. The van der Waals surface area contributed by atoms with Crippen LogP contribution in [0.4, 0.5) is 5.13 Å². The second-order valence-corrected chi connectivity index (χ2v) is 7.30. The van der Waals surface area contributed by atoms with Crippen LogP contribution in [0.15, 0.2) is 48.8 Å². The van der Waals surface area contributed by atoms with Crippen LogP contribution >= 0.6 is 11.3 Å². The number of rotatable bonds is 5. The van der Waals surface area contributed by atoms with Crippen molar-refractivity contribution in [2.24, 2.45) is 0 Å². The van der Waals surface area contributed by atoms with Gasteiger partial charge in [0.15, 0.2) is 10.8 Å². The molecule has 146 valence electrons. The van der Waals surface area contributed by atoms with Gasteiger partial charge in [0.25, 0.3) is 5.91 Å². The van der Waals surface area contributed by atoms with E-state index in [2.05, 4.69) is 20.4 Å². The summed E-state index contributed by atoms with van der Waals surface area (Å²) < 4.78 is 6.50. The number of nitrogens with one attached hydrogen (secondary N) is 1. The summed E-state index contributed by atoms with van der Waals surface area (Å²) in [5.74, 6) is -0.838. The number of pyridine rings is 1. The molecule has 0 unspecified atom stereocenters. The van der Waals surface area contributed by atoms with Crippen molar-refractivity contribution in [3.63, 3.8) is 0 Å². The first-order valence-corrected chi connectivity index (χ1v) is 9.59. The van der Waals surface area contributed by atoms with Crippen LogP contribution in [0.3, 0.4) is 0 Å². The van der Waals surface area contributed by atoms with Gasteiger partial charge in [0, 0.05) is 11.6 Å². The van der Waals surface area contributed by atoms with E-state index >= 15 is 0 Å². The average molecular weight is 407 g/mol. The maximum Gasteiger partial charge on any atom is 0.350 e. The number of hydrogen-bond donors (Lipinski definition) is 1. The summed E-state index contributed by atoms with van der Waals surface area (Å²) in [4.78, 5) is 33.3. The Labute approximate surface area is 170 Å². The van der Waals surface area contributed by atoms with Crippen LogP contribution in [-0.2, 0) is 11.3 Å². The van der Waals surface area contributed by atoms with Crippen molar-refractivity contribution in [1.82, 2.24) is 19.7 Å². The molecule has 0 spiro atoms. The smallest absolute Gasteiger partial charge is 0.350 e. The van der Waals surface area contributed by atoms with E-state index in [0.29, 0.717) is 33.5 Å². The van der Waals surface area contributed by atoms with Gasteiger partial charge in [-0.1, -0.05) is 41.7 Å². The Kier molecular flexibility index (Phi) is 5.05. The van der Waals surface area contributed by atoms with Crippen LogP contribution in [0.1, 0.15) is 31.3 Å². The molecule has 0 aliphatic carbocycles. The Balaban J connectivity index is 1.54. The lowest BCUT2D eigenvalue weighted by molar-refractivity contribution is 0.0605. The average Bonchev–Trinajstić information content (AvgIpc) is 3.30. The molecule has 0 fully saturated rings. The zero-order valence-corrected chi connectivity index (χ0v) is 16.6. The zero-order valence-electron chi connectivity index (χ0n) is 15.7. The van der Waals surface area contributed by atoms with Crippen molar-refractivity contribution < 1.29 is 14.3 Å². The lowest BCUT2D eigenvalue weighted by Gasteiger charge is -2.04. The van der Waals surface area contributed by atoms with Crippen LogP contribution in [-0.4, -0.2) is 38.7 Å². The molecular weight excluding hydrogens is 390 g/mol. The lowest BCUT2D eigenvalue weighted by atomic mass is 10.2. The van der Waals surface area contributed by atoms with Gasteiger partial charge in [0.05, 0.1) is 31.1 Å². The molecule has 3 aromatic heterocycles. The van der Waals surface area contributed by atoms with Crippen LogP contribution in [0, 0.1) is 6.92 Å². The number of aromatic nitrogens is 4. The van der Waals surface area contributed by atoms with Crippen molar-refractivity contribution in [3.05, 3.63) is 70.5 Å². The van der Waals surface area contributed by atoms with Gasteiger partial charge in [-0.3, -0.25) is 10.1 Å². The highest BCUT2D eigenvalue weighted by Gasteiger charge is 2.18. The third-order valence-electron chi connectivity index (χ3n) is 4.30. The standard InChI is InChI=1S/C20H17N5O3S/c1-12-16(19(27)28-2)29-20(23-12)24-18(26)15-8-14-10-22-25(17(14)21-9-15)11-13-6-4-3-5-7-13/h3-10H,11H2,1-2H3,(H,23,24,26). The third kappa shape index (κ3) is 3.85. The number of carbonyl (C=O) groups excluding carboxylic acids is 2. The second kappa shape index (κ2) is 7.80. The molecule has 4 rings (SSSR count). The Hall–Kier alpha value is -3.59. The molecule has 1 amide bonds. The molecule has 0 saturated heterocycles. The molecule has 9 heteroatoms. The van der Waals surface area contributed by atoms with Crippen molar-refractivity contribution in [3.8, 4) is 0 Å². The first-order chi connectivity index (χ1) is 14.0. The number of carbonyl (C=O) groups is 2. The number of amides is 1. The molecule has 1 aromatic carbocycles. The van der Waals surface area contributed by atoms with Gasteiger partial charge in [0.2, 0.25) is 0 Å². The van der Waals surface area contributed by atoms with Crippen molar-refractivity contribution >= 4 is 39.4 Å². The predicted octanol–water partition coefficient (Wildman–Crippen LogP) is 3.28. The topological polar surface area (TPSA) is 99.0 Å². The number of esters is 1. The molecule has 0 aliphatic heterocycles. The maximum atomic E-state index is 12.6. The zero-order chi connectivity index (χ0) is 20.4. The fourth-order valence-corrected chi connectivity index (χ4v) is 3.75. The summed E-state index contributed by atoms with van der Waals surface area (Å²) in [5, 5.41) is 8.17. The molecule has 8 nitrogen and oxygen atoms in total. The van der Waals surface area contributed by atoms with Crippen molar-refractivity contribution in [2.75, 3.05) is 12.4 Å². The fraction of sp³-hybridized carbons (Fsp3) is 0.150.